The van der Waals surface area contributed by atoms with Gasteiger partial charge in [-0.2, -0.15) is 0 Å². The molecule has 0 N–H and O–H groups in total. The molecule has 6 nitrogen and oxygen atoms in total. The molecule has 3 aliphatic carbocycles. The molecule has 6 rings (SSSR count). The highest BCUT2D eigenvalue weighted by Gasteiger charge is 2.58. The standard InChI is InChI=1S/C23H26N2O4/c26-19(24-10-12-29-13-11-24)14-18(15-4-2-1-3-5-15)25-22(27)20-16-6-7-17(9-8-16)21(20)23(25)28/h1-7,16-18,20-21H,8-14H2/t16-,17-,18+,20-,21-/m0/s1. The van der Waals surface area contributed by atoms with Crippen LogP contribution in [0.3, 0.4) is 0 Å². The Morgan fingerprint density at radius 1 is 0.966 bits per heavy atom. The van der Waals surface area contributed by atoms with Crippen molar-refractivity contribution in [3.63, 3.8) is 0 Å². The molecule has 0 radical (unpaired) electrons. The third-order valence-corrected chi connectivity index (χ3v) is 7.02. The molecule has 2 saturated heterocycles. The first-order chi connectivity index (χ1) is 14.1. The van der Waals surface area contributed by atoms with Crippen molar-refractivity contribution >= 4 is 17.7 Å². The summed E-state index contributed by atoms with van der Waals surface area (Å²) >= 11 is 0. The lowest BCUT2D eigenvalue weighted by molar-refractivity contribution is -0.145. The Morgan fingerprint density at radius 3 is 2.10 bits per heavy atom. The van der Waals surface area contributed by atoms with Crippen molar-refractivity contribution in [3.8, 4) is 0 Å². The molecular weight excluding hydrogens is 368 g/mol. The van der Waals surface area contributed by atoms with Gasteiger partial charge in [0.1, 0.15) is 0 Å². The Balaban J connectivity index is 1.46. The number of morpholine rings is 1. The summed E-state index contributed by atoms with van der Waals surface area (Å²) in [6.07, 6.45) is 6.32. The number of imide groups is 1. The fraction of sp³-hybridized carbons (Fsp3) is 0.522. The minimum absolute atomic E-state index is 0.0290. The second-order valence-corrected chi connectivity index (χ2v) is 8.51. The molecule has 2 heterocycles. The molecule has 2 bridgehead atoms. The van der Waals surface area contributed by atoms with Crippen LogP contribution in [0.15, 0.2) is 42.5 Å². The van der Waals surface area contributed by atoms with E-state index >= 15 is 0 Å². The third-order valence-electron chi connectivity index (χ3n) is 7.02. The Bertz CT molecular complexity index is 814. The summed E-state index contributed by atoms with van der Waals surface area (Å²) in [7, 11) is 0. The summed E-state index contributed by atoms with van der Waals surface area (Å²) < 4.78 is 5.35. The predicted octanol–water partition coefficient (Wildman–Crippen LogP) is 2.17. The first-order valence-corrected chi connectivity index (χ1v) is 10.6. The molecule has 5 aliphatic rings. The van der Waals surface area contributed by atoms with Crippen LogP contribution in [0, 0.1) is 23.7 Å². The summed E-state index contributed by atoms with van der Waals surface area (Å²) in [5, 5.41) is 0. The first-order valence-electron chi connectivity index (χ1n) is 10.6. The van der Waals surface area contributed by atoms with Gasteiger partial charge < -0.3 is 9.64 Å². The molecule has 2 aliphatic heterocycles. The van der Waals surface area contributed by atoms with Crippen molar-refractivity contribution in [3.05, 3.63) is 48.0 Å². The third kappa shape index (κ3) is 3.10. The Morgan fingerprint density at radius 2 is 1.55 bits per heavy atom. The summed E-state index contributed by atoms with van der Waals surface area (Å²) in [4.78, 5) is 43.1. The number of hydrogen-bond donors (Lipinski definition) is 0. The number of carbonyl (C=O) groups is 3. The lowest BCUT2D eigenvalue weighted by Gasteiger charge is -2.38. The van der Waals surface area contributed by atoms with Crippen molar-refractivity contribution in [2.45, 2.75) is 25.3 Å². The van der Waals surface area contributed by atoms with Crippen LogP contribution >= 0.6 is 0 Å². The van der Waals surface area contributed by atoms with Gasteiger partial charge in [-0.1, -0.05) is 42.5 Å². The van der Waals surface area contributed by atoms with Gasteiger partial charge in [0.25, 0.3) is 0 Å². The fourth-order valence-corrected chi connectivity index (χ4v) is 5.55. The normalized spacial score (nSPS) is 31.9. The van der Waals surface area contributed by atoms with Gasteiger partial charge >= 0.3 is 0 Å². The van der Waals surface area contributed by atoms with Gasteiger partial charge in [0, 0.05) is 13.1 Å². The quantitative estimate of drug-likeness (QED) is 0.580. The highest BCUT2D eigenvalue weighted by atomic mass is 16.5. The second kappa shape index (κ2) is 7.41. The molecule has 3 fully saturated rings. The number of benzene rings is 1. The largest absolute Gasteiger partial charge is 0.378 e. The van der Waals surface area contributed by atoms with Gasteiger partial charge in [-0.05, 0) is 30.2 Å². The van der Waals surface area contributed by atoms with Crippen LogP contribution in [0.4, 0.5) is 0 Å². The smallest absolute Gasteiger partial charge is 0.234 e. The molecule has 1 aromatic carbocycles. The Kier molecular flexibility index (Phi) is 4.74. The zero-order chi connectivity index (χ0) is 20.0. The molecule has 1 saturated carbocycles. The number of amides is 3. The number of hydrogen-bond acceptors (Lipinski definition) is 4. The molecule has 3 amide bonds. The van der Waals surface area contributed by atoms with Gasteiger partial charge in [0.05, 0.1) is 37.5 Å². The number of ether oxygens (including phenoxy) is 1. The summed E-state index contributed by atoms with van der Waals surface area (Å²) in [5.41, 5.74) is 0.842. The van der Waals surface area contributed by atoms with Crippen LogP contribution in [0.25, 0.3) is 0 Å². The molecular formula is C23H26N2O4. The molecule has 5 atom stereocenters. The van der Waals surface area contributed by atoms with Gasteiger partial charge in [-0.25, -0.2) is 0 Å². The highest BCUT2D eigenvalue weighted by molar-refractivity contribution is 6.06. The van der Waals surface area contributed by atoms with Crippen molar-refractivity contribution in [2.24, 2.45) is 23.7 Å². The summed E-state index contributed by atoms with van der Waals surface area (Å²) in [6.45, 7) is 2.17. The molecule has 29 heavy (non-hydrogen) atoms. The average molecular weight is 394 g/mol. The van der Waals surface area contributed by atoms with Crippen LogP contribution in [-0.2, 0) is 19.1 Å². The van der Waals surface area contributed by atoms with Crippen LogP contribution in [-0.4, -0.2) is 53.8 Å². The molecule has 1 aromatic rings. The molecule has 6 heteroatoms. The number of allylic oxidation sites excluding steroid dienone is 2. The van der Waals surface area contributed by atoms with E-state index in [-0.39, 0.29) is 47.8 Å². The maximum absolute atomic E-state index is 13.4. The number of nitrogens with zero attached hydrogens (tertiary/aromatic N) is 2. The average Bonchev–Trinajstić information content (AvgIpc) is 3.06. The van der Waals surface area contributed by atoms with Crippen LogP contribution in [0.5, 0.6) is 0 Å². The highest BCUT2D eigenvalue weighted by Crippen LogP contribution is 2.51. The maximum Gasteiger partial charge on any atom is 0.234 e. The lowest BCUT2D eigenvalue weighted by Crippen LogP contribution is -2.44. The van der Waals surface area contributed by atoms with E-state index in [2.05, 4.69) is 12.2 Å². The monoisotopic (exact) mass is 394 g/mol. The van der Waals surface area contributed by atoms with Gasteiger partial charge in [0.15, 0.2) is 0 Å². The maximum atomic E-state index is 13.4. The zero-order valence-electron chi connectivity index (χ0n) is 16.4. The molecule has 0 spiro atoms. The van der Waals surface area contributed by atoms with Crippen LogP contribution in [0.1, 0.15) is 30.9 Å². The molecule has 0 unspecified atom stereocenters. The van der Waals surface area contributed by atoms with Crippen molar-refractivity contribution in [1.29, 1.82) is 0 Å². The molecule has 152 valence electrons. The number of carbonyl (C=O) groups excluding carboxylic acids is 3. The Labute approximate surface area is 170 Å². The van der Waals surface area contributed by atoms with Crippen LogP contribution < -0.4 is 0 Å². The van der Waals surface area contributed by atoms with E-state index in [9.17, 15) is 14.4 Å². The topological polar surface area (TPSA) is 66.9 Å². The number of fused-ring (bicyclic) bond motifs is 1. The van der Waals surface area contributed by atoms with Crippen molar-refractivity contribution in [2.75, 3.05) is 26.3 Å². The summed E-state index contributed by atoms with van der Waals surface area (Å²) in [5.74, 6) is -0.424. The van der Waals surface area contributed by atoms with E-state index in [1.807, 2.05) is 30.3 Å². The van der Waals surface area contributed by atoms with E-state index in [0.717, 1.165) is 18.4 Å². The Hall–Kier alpha value is -2.47. The van der Waals surface area contributed by atoms with Crippen molar-refractivity contribution < 1.29 is 19.1 Å². The van der Waals surface area contributed by atoms with Crippen LogP contribution in [0.2, 0.25) is 0 Å². The minimum atomic E-state index is -0.545. The SMILES string of the molecule is O=C(C[C@H](c1ccccc1)N1C(=O)[C@@H]2[C@@H](C1=O)[C@H]1C=C[C@H]2CC1)N1CCOCC1. The zero-order valence-corrected chi connectivity index (χ0v) is 16.4. The number of likely N-dealkylation sites (tertiary alicyclic amines) is 1. The fourth-order valence-electron chi connectivity index (χ4n) is 5.55. The first kappa shape index (κ1) is 18.6. The van der Waals surface area contributed by atoms with E-state index in [1.165, 1.54) is 4.90 Å². The van der Waals surface area contributed by atoms with E-state index in [1.54, 1.807) is 4.90 Å². The van der Waals surface area contributed by atoms with Crippen molar-refractivity contribution in [1.82, 2.24) is 9.80 Å². The van der Waals surface area contributed by atoms with Gasteiger partial charge in [-0.15, -0.1) is 0 Å². The van der Waals surface area contributed by atoms with E-state index in [0.29, 0.717) is 26.3 Å². The predicted molar refractivity (Wildman–Crippen MR) is 105 cm³/mol. The second-order valence-electron chi connectivity index (χ2n) is 8.51. The van der Waals surface area contributed by atoms with E-state index < -0.39 is 6.04 Å². The summed E-state index contributed by atoms with van der Waals surface area (Å²) in [6, 6.07) is 8.97. The molecule has 0 aromatic heterocycles. The number of rotatable bonds is 4. The van der Waals surface area contributed by atoms with E-state index in [4.69, 9.17) is 4.74 Å². The minimum Gasteiger partial charge on any atom is -0.378 e. The van der Waals surface area contributed by atoms with Gasteiger partial charge in [-0.3, -0.25) is 19.3 Å². The lowest BCUT2D eigenvalue weighted by atomic mass is 9.63. The van der Waals surface area contributed by atoms with Gasteiger partial charge in [0.2, 0.25) is 17.7 Å².